The molecular weight excluding hydrogens is 279 g/mol. The van der Waals surface area contributed by atoms with Crippen LogP contribution < -0.4 is 5.32 Å². The maximum atomic E-state index is 12.3. The highest BCUT2D eigenvalue weighted by molar-refractivity contribution is 5.73. The first kappa shape index (κ1) is 15.8. The fourth-order valence-corrected chi connectivity index (χ4v) is 1.30. The van der Waals surface area contributed by atoms with Gasteiger partial charge in [-0.25, -0.2) is 4.79 Å². The molecule has 2 N–H and O–H groups in total. The van der Waals surface area contributed by atoms with Crippen LogP contribution in [0.5, 0.6) is 0 Å². The molecule has 1 atom stereocenters. The Hall–Kier alpha value is -2.25. The van der Waals surface area contributed by atoms with Crippen molar-refractivity contribution in [1.29, 1.82) is 0 Å². The largest absolute Gasteiger partial charge is 0.481 e. The van der Waals surface area contributed by atoms with Crippen LogP contribution in [0.4, 0.5) is 18.0 Å². The van der Waals surface area contributed by atoms with E-state index < -0.39 is 30.7 Å². The summed E-state index contributed by atoms with van der Waals surface area (Å²) < 4.78 is 41.6. The van der Waals surface area contributed by atoms with Crippen LogP contribution in [-0.2, 0) is 16.1 Å². The van der Waals surface area contributed by atoms with Gasteiger partial charge in [-0.3, -0.25) is 4.79 Å². The number of alkyl halides is 3. The molecule has 1 amide bonds. The van der Waals surface area contributed by atoms with Crippen LogP contribution in [0.25, 0.3) is 0 Å². The van der Waals surface area contributed by atoms with Gasteiger partial charge in [0, 0.05) is 6.54 Å². The molecule has 0 aliphatic rings. The Bertz CT molecular complexity index is 462. The number of alkyl carbamates (subject to hydrolysis) is 1. The quantitative estimate of drug-likeness (QED) is 0.871. The van der Waals surface area contributed by atoms with Gasteiger partial charge in [-0.1, -0.05) is 30.3 Å². The van der Waals surface area contributed by atoms with E-state index in [2.05, 4.69) is 4.74 Å². The number of halogens is 3. The highest BCUT2D eigenvalue weighted by Crippen LogP contribution is 2.25. The van der Waals surface area contributed by atoms with Crippen molar-refractivity contribution in [3.8, 4) is 0 Å². The molecular formula is C12H12F3NO4. The number of carbonyl (C=O) groups excluding carboxylic acids is 1. The van der Waals surface area contributed by atoms with Gasteiger partial charge < -0.3 is 15.2 Å². The number of hydrogen-bond acceptors (Lipinski definition) is 3. The highest BCUT2D eigenvalue weighted by atomic mass is 19.4. The third-order valence-electron chi connectivity index (χ3n) is 2.36. The molecule has 20 heavy (non-hydrogen) atoms. The first-order valence-corrected chi connectivity index (χ1v) is 5.54. The van der Waals surface area contributed by atoms with E-state index in [4.69, 9.17) is 5.11 Å². The van der Waals surface area contributed by atoms with Gasteiger partial charge in [0.2, 0.25) is 0 Å². The zero-order valence-corrected chi connectivity index (χ0v) is 10.2. The predicted molar refractivity (Wildman–Crippen MR) is 61.8 cm³/mol. The van der Waals surface area contributed by atoms with Gasteiger partial charge >= 0.3 is 18.2 Å². The van der Waals surface area contributed by atoms with Gasteiger partial charge in [-0.2, -0.15) is 13.2 Å². The Morgan fingerprint density at radius 3 is 2.35 bits per heavy atom. The van der Waals surface area contributed by atoms with Gasteiger partial charge in [0.1, 0.15) is 6.61 Å². The third-order valence-corrected chi connectivity index (χ3v) is 2.36. The highest BCUT2D eigenvalue weighted by Gasteiger charge is 2.45. The molecule has 0 saturated heterocycles. The summed E-state index contributed by atoms with van der Waals surface area (Å²) in [6.07, 6.45) is -6.04. The number of carboxylic acid groups (broad SMARTS) is 1. The monoisotopic (exact) mass is 291 g/mol. The van der Waals surface area contributed by atoms with Gasteiger partial charge in [-0.05, 0) is 5.56 Å². The minimum absolute atomic E-state index is 0.115. The third kappa shape index (κ3) is 5.17. The number of aliphatic carboxylic acids is 1. The van der Waals surface area contributed by atoms with Crippen LogP contribution in [0, 0.1) is 5.92 Å². The molecule has 0 aromatic heterocycles. The molecule has 0 radical (unpaired) electrons. The maximum Gasteiger partial charge on any atom is 0.407 e. The first-order chi connectivity index (χ1) is 9.30. The molecule has 1 aromatic carbocycles. The van der Waals surface area contributed by atoms with Gasteiger partial charge in [0.05, 0.1) is 0 Å². The fraction of sp³-hybridized carbons (Fsp3) is 0.333. The lowest BCUT2D eigenvalue weighted by atomic mass is 10.1. The maximum absolute atomic E-state index is 12.3. The lowest BCUT2D eigenvalue weighted by Gasteiger charge is -2.16. The van der Waals surface area contributed by atoms with Crippen LogP contribution in [-0.4, -0.2) is 29.9 Å². The number of benzene rings is 1. The van der Waals surface area contributed by atoms with Gasteiger partial charge in [0.25, 0.3) is 0 Å². The first-order valence-electron chi connectivity index (χ1n) is 5.54. The number of amides is 1. The van der Waals surface area contributed by atoms with Crippen LogP contribution >= 0.6 is 0 Å². The molecule has 0 aliphatic heterocycles. The summed E-state index contributed by atoms with van der Waals surface area (Å²) >= 11 is 0. The van der Waals surface area contributed by atoms with Gasteiger partial charge in [0.15, 0.2) is 5.92 Å². The molecule has 1 rings (SSSR count). The average molecular weight is 291 g/mol. The summed E-state index contributed by atoms with van der Waals surface area (Å²) in [5.74, 6) is -4.72. The second-order valence-electron chi connectivity index (χ2n) is 3.88. The summed E-state index contributed by atoms with van der Waals surface area (Å²) in [5.41, 5.74) is 0.660. The van der Waals surface area contributed by atoms with Crippen molar-refractivity contribution in [1.82, 2.24) is 5.32 Å². The van der Waals surface area contributed by atoms with E-state index in [0.717, 1.165) is 0 Å². The van der Waals surface area contributed by atoms with Crippen molar-refractivity contribution in [3.05, 3.63) is 35.9 Å². The Morgan fingerprint density at radius 2 is 1.85 bits per heavy atom. The zero-order chi connectivity index (χ0) is 15.2. The van der Waals surface area contributed by atoms with E-state index in [1.54, 1.807) is 35.6 Å². The number of rotatable bonds is 5. The molecule has 0 bridgehead atoms. The lowest BCUT2D eigenvalue weighted by Crippen LogP contribution is -2.41. The second kappa shape index (κ2) is 6.78. The second-order valence-corrected chi connectivity index (χ2v) is 3.88. The molecule has 0 aliphatic carbocycles. The van der Waals surface area contributed by atoms with Crippen molar-refractivity contribution in [2.45, 2.75) is 12.8 Å². The molecule has 0 saturated carbocycles. The van der Waals surface area contributed by atoms with E-state index >= 15 is 0 Å². The summed E-state index contributed by atoms with van der Waals surface area (Å²) in [6.45, 7) is -1.19. The van der Waals surface area contributed by atoms with Gasteiger partial charge in [-0.15, -0.1) is 0 Å². The molecule has 8 heteroatoms. The molecule has 0 spiro atoms. The normalized spacial score (nSPS) is 12.6. The predicted octanol–water partition coefficient (Wildman–Crippen LogP) is 2.18. The van der Waals surface area contributed by atoms with Crippen molar-refractivity contribution in [2.75, 3.05) is 6.54 Å². The standard InChI is InChI=1S/C12H12F3NO4/c13-12(14,15)9(10(17)18)6-16-11(19)20-7-8-4-2-1-3-5-8/h1-5,9H,6-7H2,(H,16,19)(H,17,18). The number of carboxylic acids is 1. The minimum Gasteiger partial charge on any atom is -0.481 e. The van der Waals surface area contributed by atoms with E-state index in [9.17, 15) is 22.8 Å². The Balaban J connectivity index is 2.41. The SMILES string of the molecule is O=C(NCC(C(=O)O)C(F)(F)F)OCc1ccccc1. The number of ether oxygens (including phenoxy) is 1. The van der Waals surface area contributed by atoms with Crippen LogP contribution in [0.15, 0.2) is 30.3 Å². The Labute approximate surface area is 112 Å². The van der Waals surface area contributed by atoms with Crippen molar-refractivity contribution in [3.63, 3.8) is 0 Å². The summed E-state index contributed by atoms with van der Waals surface area (Å²) in [5, 5.41) is 10.2. The van der Waals surface area contributed by atoms with E-state index in [-0.39, 0.29) is 6.61 Å². The van der Waals surface area contributed by atoms with Crippen LogP contribution in [0.3, 0.4) is 0 Å². The van der Waals surface area contributed by atoms with Crippen LogP contribution in [0.2, 0.25) is 0 Å². The minimum atomic E-state index is -4.93. The van der Waals surface area contributed by atoms with Crippen LogP contribution in [0.1, 0.15) is 5.56 Å². The van der Waals surface area contributed by atoms with Crippen molar-refractivity contribution in [2.24, 2.45) is 5.92 Å². The Kier molecular flexibility index (Phi) is 5.36. The molecule has 110 valence electrons. The topological polar surface area (TPSA) is 75.6 Å². The number of carbonyl (C=O) groups is 2. The summed E-state index contributed by atoms with van der Waals surface area (Å²) in [4.78, 5) is 21.6. The van der Waals surface area contributed by atoms with E-state index in [0.29, 0.717) is 5.56 Å². The fourth-order valence-electron chi connectivity index (χ4n) is 1.30. The molecule has 0 fully saturated rings. The van der Waals surface area contributed by atoms with E-state index in [1.807, 2.05) is 0 Å². The lowest BCUT2D eigenvalue weighted by molar-refractivity contribution is -0.192. The van der Waals surface area contributed by atoms with Crippen molar-refractivity contribution >= 4 is 12.1 Å². The number of nitrogens with one attached hydrogen (secondary N) is 1. The smallest absolute Gasteiger partial charge is 0.407 e. The molecule has 1 unspecified atom stereocenters. The Morgan fingerprint density at radius 1 is 1.25 bits per heavy atom. The molecule has 0 heterocycles. The zero-order valence-electron chi connectivity index (χ0n) is 10.2. The van der Waals surface area contributed by atoms with Crippen molar-refractivity contribution < 1.29 is 32.6 Å². The summed E-state index contributed by atoms with van der Waals surface area (Å²) in [7, 11) is 0. The van der Waals surface area contributed by atoms with E-state index in [1.165, 1.54) is 0 Å². The number of hydrogen-bond donors (Lipinski definition) is 2. The average Bonchev–Trinajstić information content (AvgIpc) is 2.35. The molecule has 5 nitrogen and oxygen atoms in total. The summed E-state index contributed by atoms with van der Waals surface area (Å²) in [6, 6.07) is 8.51. The molecule has 1 aromatic rings.